The molecule has 0 radical (unpaired) electrons. The fraction of sp³-hybridized carbons (Fsp3) is 0.421. The van der Waals surface area contributed by atoms with Crippen LogP contribution in [-0.4, -0.2) is 43.8 Å². The van der Waals surface area contributed by atoms with E-state index in [-0.39, 0.29) is 6.09 Å². The highest BCUT2D eigenvalue weighted by atomic mass is 32.1. The Kier molecular flexibility index (Phi) is 5.21. The molecule has 2 heterocycles. The van der Waals surface area contributed by atoms with Crippen molar-refractivity contribution in [2.75, 3.05) is 32.8 Å². The van der Waals surface area contributed by atoms with Crippen LogP contribution in [0.3, 0.4) is 0 Å². The topological polar surface area (TPSA) is 29.5 Å². The summed E-state index contributed by atoms with van der Waals surface area (Å²) in [7, 11) is 0. The number of piperazine rings is 1. The van der Waals surface area contributed by atoms with E-state index in [9.17, 15) is 4.79 Å². The first kappa shape index (κ1) is 17.0. The number of nitrogens with zero attached hydrogens (tertiary/aromatic N) is 2. The molecule has 24 heavy (non-hydrogen) atoms. The SMILES string of the molecule is CCOC(=O)N1CC[N+](Cc2ccccc2)(c2ccsc2C)CC1. The zero-order valence-corrected chi connectivity index (χ0v) is 15.2. The lowest BCUT2D eigenvalue weighted by molar-refractivity contribution is 0.0791. The highest BCUT2D eigenvalue weighted by Crippen LogP contribution is 2.34. The van der Waals surface area contributed by atoms with Crippen molar-refractivity contribution < 1.29 is 9.53 Å². The van der Waals surface area contributed by atoms with Gasteiger partial charge in [-0.1, -0.05) is 30.3 Å². The lowest BCUT2D eigenvalue weighted by Gasteiger charge is -2.44. The van der Waals surface area contributed by atoms with Gasteiger partial charge in [-0.05, 0) is 19.2 Å². The molecular formula is C19H25N2O2S+. The van der Waals surface area contributed by atoms with E-state index in [4.69, 9.17) is 4.74 Å². The number of carbonyl (C=O) groups excluding carboxylic acids is 1. The molecule has 1 aromatic carbocycles. The van der Waals surface area contributed by atoms with E-state index in [2.05, 4.69) is 48.7 Å². The molecule has 0 atom stereocenters. The van der Waals surface area contributed by atoms with Crippen LogP contribution in [0.25, 0.3) is 0 Å². The van der Waals surface area contributed by atoms with Crippen molar-refractivity contribution in [1.29, 1.82) is 0 Å². The van der Waals surface area contributed by atoms with Crippen molar-refractivity contribution in [2.24, 2.45) is 0 Å². The Bertz CT molecular complexity index is 676. The molecule has 128 valence electrons. The van der Waals surface area contributed by atoms with Crippen molar-refractivity contribution in [2.45, 2.75) is 20.4 Å². The molecule has 0 bridgehead atoms. The minimum absolute atomic E-state index is 0.183. The van der Waals surface area contributed by atoms with Gasteiger partial charge in [0.05, 0.1) is 24.6 Å². The lowest BCUT2D eigenvalue weighted by atomic mass is 10.1. The second-order valence-corrected chi connectivity index (χ2v) is 7.40. The van der Waals surface area contributed by atoms with Crippen molar-refractivity contribution in [3.8, 4) is 0 Å². The summed E-state index contributed by atoms with van der Waals surface area (Å²) < 4.78 is 6.08. The van der Waals surface area contributed by atoms with Crippen LogP contribution < -0.4 is 4.48 Å². The fourth-order valence-corrected chi connectivity index (χ4v) is 4.32. The predicted octanol–water partition coefficient (Wildman–Crippen LogP) is 4.04. The summed E-state index contributed by atoms with van der Waals surface area (Å²) in [6.07, 6.45) is -0.183. The zero-order chi connectivity index (χ0) is 17.0. The highest BCUT2D eigenvalue weighted by Gasteiger charge is 2.38. The van der Waals surface area contributed by atoms with E-state index in [1.807, 2.05) is 11.8 Å². The molecule has 1 aliphatic heterocycles. The standard InChI is InChI=1S/C19H25N2O2S/c1-3-23-19(22)20-10-12-21(13-11-20,18-9-14-24-16(18)2)15-17-7-5-4-6-8-17/h4-9,14H,3,10-13,15H2,1-2H3/q+1. The van der Waals surface area contributed by atoms with Crippen LogP contribution in [0.15, 0.2) is 41.8 Å². The Morgan fingerprint density at radius 3 is 2.50 bits per heavy atom. The van der Waals surface area contributed by atoms with Gasteiger partial charge in [0.15, 0.2) is 0 Å². The van der Waals surface area contributed by atoms with Crippen LogP contribution in [0.1, 0.15) is 17.4 Å². The summed E-state index contributed by atoms with van der Waals surface area (Å²) in [6, 6.07) is 12.9. The molecule has 0 spiro atoms. The summed E-state index contributed by atoms with van der Waals surface area (Å²) in [6.45, 7) is 8.77. The maximum atomic E-state index is 12.0. The van der Waals surface area contributed by atoms with Crippen LogP contribution in [0.2, 0.25) is 0 Å². The van der Waals surface area contributed by atoms with E-state index in [1.54, 1.807) is 11.3 Å². The quantitative estimate of drug-likeness (QED) is 0.783. The number of thiophene rings is 1. The Morgan fingerprint density at radius 1 is 1.21 bits per heavy atom. The third-order valence-corrected chi connectivity index (χ3v) is 5.63. The van der Waals surface area contributed by atoms with Crippen molar-refractivity contribution in [1.82, 2.24) is 9.38 Å². The second-order valence-electron chi connectivity index (χ2n) is 6.28. The molecule has 1 fully saturated rings. The molecule has 1 aliphatic rings. The molecule has 0 N–H and O–H groups in total. The summed E-state index contributed by atoms with van der Waals surface area (Å²) in [5, 5.41) is 2.17. The van der Waals surface area contributed by atoms with Gasteiger partial charge >= 0.3 is 6.09 Å². The number of aryl methyl sites for hydroxylation is 1. The Labute approximate surface area is 147 Å². The number of benzene rings is 1. The van der Waals surface area contributed by atoms with Crippen LogP contribution in [0, 0.1) is 6.92 Å². The average molecular weight is 345 g/mol. The van der Waals surface area contributed by atoms with Crippen molar-refractivity contribution >= 4 is 23.1 Å². The number of hydrogen-bond acceptors (Lipinski definition) is 3. The first-order valence-electron chi connectivity index (χ1n) is 8.51. The average Bonchev–Trinajstić information content (AvgIpc) is 3.03. The minimum Gasteiger partial charge on any atom is -0.450 e. The van der Waals surface area contributed by atoms with E-state index in [0.29, 0.717) is 6.61 Å². The molecule has 1 amide bonds. The third kappa shape index (κ3) is 3.47. The van der Waals surface area contributed by atoms with E-state index >= 15 is 0 Å². The van der Waals surface area contributed by atoms with Gasteiger partial charge in [0.2, 0.25) is 0 Å². The second kappa shape index (κ2) is 7.36. The van der Waals surface area contributed by atoms with Crippen LogP contribution in [-0.2, 0) is 11.3 Å². The number of hydrogen-bond donors (Lipinski definition) is 0. The van der Waals surface area contributed by atoms with Crippen LogP contribution in [0.4, 0.5) is 10.5 Å². The molecule has 0 unspecified atom stereocenters. The fourth-order valence-electron chi connectivity index (χ4n) is 3.53. The van der Waals surface area contributed by atoms with E-state index < -0.39 is 0 Å². The van der Waals surface area contributed by atoms with Gasteiger partial charge in [-0.2, -0.15) is 0 Å². The van der Waals surface area contributed by atoms with Crippen LogP contribution in [0.5, 0.6) is 0 Å². The Hall–Kier alpha value is -1.85. The van der Waals surface area contributed by atoms with Gasteiger partial charge in [0, 0.05) is 11.6 Å². The molecule has 4 nitrogen and oxygen atoms in total. The maximum absolute atomic E-state index is 12.0. The Balaban J connectivity index is 1.83. The normalized spacial score (nSPS) is 16.8. The molecule has 5 heteroatoms. The van der Waals surface area contributed by atoms with Gasteiger partial charge in [0.1, 0.15) is 25.3 Å². The third-order valence-electron chi connectivity index (χ3n) is 4.79. The number of ether oxygens (including phenoxy) is 1. The van der Waals surface area contributed by atoms with E-state index in [0.717, 1.165) is 37.2 Å². The van der Waals surface area contributed by atoms with Crippen molar-refractivity contribution in [3.63, 3.8) is 0 Å². The molecule has 0 saturated carbocycles. The summed E-state index contributed by atoms with van der Waals surface area (Å²) in [5.74, 6) is 0. The first-order valence-corrected chi connectivity index (χ1v) is 9.39. The molecule has 2 aromatic rings. The monoisotopic (exact) mass is 345 g/mol. The summed E-state index contributed by atoms with van der Waals surface area (Å²) in [5.41, 5.74) is 2.74. The summed E-state index contributed by atoms with van der Waals surface area (Å²) in [4.78, 5) is 15.2. The minimum atomic E-state index is -0.183. The van der Waals surface area contributed by atoms with Gasteiger partial charge < -0.3 is 4.74 Å². The van der Waals surface area contributed by atoms with E-state index in [1.165, 1.54) is 16.1 Å². The molecular weight excluding hydrogens is 320 g/mol. The highest BCUT2D eigenvalue weighted by molar-refractivity contribution is 7.10. The number of quaternary nitrogens is 1. The Morgan fingerprint density at radius 2 is 1.92 bits per heavy atom. The smallest absolute Gasteiger partial charge is 0.410 e. The molecule has 3 rings (SSSR count). The number of amides is 1. The van der Waals surface area contributed by atoms with Crippen LogP contribution >= 0.6 is 11.3 Å². The molecule has 1 saturated heterocycles. The molecule has 0 aliphatic carbocycles. The van der Waals surface area contributed by atoms with Gasteiger partial charge in [-0.15, -0.1) is 11.3 Å². The van der Waals surface area contributed by atoms with Gasteiger partial charge in [-0.3, -0.25) is 9.38 Å². The number of carbonyl (C=O) groups is 1. The zero-order valence-electron chi connectivity index (χ0n) is 14.4. The largest absolute Gasteiger partial charge is 0.450 e. The lowest BCUT2D eigenvalue weighted by Crippen LogP contribution is -2.61. The van der Waals surface area contributed by atoms with Gasteiger partial charge in [0.25, 0.3) is 0 Å². The van der Waals surface area contributed by atoms with Crippen molar-refractivity contribution in [3.05, 3.63) is 52.2 Å². The first-order chi connectivity index (χ1) is 11.6. The number of rotatable bonds is 4. The van der Waals surface area contributed by atoms with Gasteiger partial charge in [-0.25, -0.2) is 4.79 Å². The maximum Gasteiger partial charge on any atom is 0.410 e. The summed E-state index contributed by atoms with van der Waals surface area (Å²) >= 11 is 1.80. The molecule has 1 aromatic heterocycles. The predicted molar refractivity (Wildman–Crippen MR) is 99.3 cm³/mol.